The molecule has 0 heterocycles. The number of ether oxygens (including phenoxy) is 2. The van der Waals surface area contributed by atoms with Gasteiger partial charge in [-0.05, 0) is 23.0 Å². The Morgan fingerprint density at radius 2 is 1.63 bits per heavy atom. The van der Waals surface area contributed by atoms with Crippen molar-refractivity contribution < 1.29 is 14.3 Å². The van der Waals surface area contributed by atoms with Crippen LogP contribution in [0.15, 0.2) is 18.2 Å². The van der Waals surface area contributed by atoms with E-state index < -0.39 is 0 Å². The first-order valence-electron chi connectivity index (χ1n) is 6.79. The Hall–Kier alpha value is -1.35. The number of hydrogen-bond donors (Lipinski definition) is 0. The number of hydrogen-bond acceptors (Lipinski definition) is 3. The van der Waals surface area contributed by atoms with Gasteiger partial charge in [0.2, 0.25) is 0 Å². The Balaban J connectivity index is 3.04. The zero-order chi connectivity index (χ0) is 14.4. The van der Waals surface area contributed by atoms with Gasteiger partial charge in [0.15, 0.2) is 0 Å². The third-order valence-electron chi connectivity index (χ3n) is 3.05. The summed E-state index contributed by atoms with van der Waals surface area (Å²) in [7, 11) is 1.58. The minimum absolute atomic E-state index is 0.239. The van der Waals surface area contributed by atoms with Gasteiger partial charge in [-0.1, -0.05) is 45.9 Å². The van der Waals surface area contributed by atoms with E-state index in [1.54, 1.807) is 7.11 Å². The van der Waals surface area contributed by atoms with Crippen molar-refractivity contribution in [3.05, 3.63) is 29.3 Å². The fraction of sp³-hybridized carbons (Fsp3) is 0.562. The molecule has 106 valence electrons. The minimum atomic E-state index is -0.239. The van der Waals surface area contributed by atoms with Crippen molar-refractivity contribution in [2.45, 2.75) is 46.0 Å². The van der Waals surface area contributed by atoms with Crippen LogP contribution in [0.25, 0.3) is 0 Å². The molecule has 1 aromatic rings. The molecule has 0 fully saturated rings. The van der Waals surface area contributed by atoms with Crippen LogP contribution in [-0.2, 0) is 9.53 Å². The average Bonchev–Trinajstić information content (AvgIpc) is 2.35. The lowest BCUT2D eigenvalue weighted by Gasteiger charge is -2.18. The Morgan fingerprint density at radius 1 is 1.11 bits per heavy atom. The van der Waals surface area contributed by atoms with Gasteiger partial charge in [-0.15, -0.1) is 0 Å². The molecule has 0 saturated heterocycles. The van der Waals surface area contributed by atoms with E-state index in [1.807, 2.05) is 18.2 Å². The molecule has 0 spiro atoms. The number of benzene rings is 1. The van der Waals surface area contributed by atoms with Crippen LogP contribution >= 0.6 is 0 Å². The Kier molecular flexibility index (Phi) is 6.03. The van der Waals surface area contributed by atoms with Crippen LogP contribution in [0.2, 0.25) is 0 Å². The summed E-state index contributed by atoms with van der Waals surface area (Å²) in [6, 6.07) is 6.07. The van der Waals surface area contributed by atoms with Crippen molar-refractivity contribution in [3.8, 4) is 5.75 Å². The molecule has 3 heteroatoms. The molecule has 3 nitrogen and oxygen atoms in total. The summed E-state index contributed by atoms with van der Waals surface area (Å²) in [5, 5.41) is 0. The van der Waals surface area contributed by atoms with Crippen LogP contribution in [0.1, 0.15) is 57.1 Å². The van der Waals surface area contributed by atoms with Crippen LogP contribution in [0.5, 0.6) is 5.75 Å². The lowest BCUT2D eigenvalue weighted by atomic mass is 9.94. The minimum Gasteiger partial charge on any atom is -0.426 e. The second kappa shape index (κ2) is 7.29. The average molecular weight is 264 g/mol. The molecule has 0 bridgehead atoms. The topological polar surface area (TPSA) is 35.5 Å². The first kappa shape index (κ1) is 15.7. The molecule has 0 aromatic heterocycles. The maximum Gasteiger partial charge on any atom is 0.313 e. The van der Waals surface area contributed by atoms with Crippen LogP contribution in [0.3, 0.4) is 0 Å². The normalized spacial score (nSPS) is 11.1. The van der Waals surface area contributed by atoms with E-state index >= 15 is 0 Å². The molecule has 0 amide bonds. The predicted octanol–water partition coefficient (Wildman–Crippen LogP) is 3.88. The molecule has 1 rings (SSSR count). The molecular formula is C16H24O3. The number of methoxy groups -OCH3 is 1. The molecule has 0 unspecified atom stereocenters. The second-order valence-electron chi connectivity index (χ2n) is 5.29. The molecular weight excluding hydrogens is 240 g/mol. The quantitative estimate of drug-likeness (QED) is 0.578. The van der Waals surface area contributed by atoms with Gasteiger partial charge < -0.3 is 9.47 Å². The Labute approximate surface area is 115 Å². The summed E-state index contributed by atoms with van der Waals surface area (Å²) in [6.45, 7) is 8.80. The number of esters is 1. The van der Waals surface area contributed by atoms with E-state index in [-0.39, 0.29) is 12.4 Å². The van der Waals surface area contributed by atoms with Crippen molar-refractivity contribution in [3.63, 3.8) is 0 Å². The molecule has 0 aliphatic heterocycles. The monoisotopic (exact) mass is 264 g/mol. The van der Waals surface area contributed by atoms with E-state index in [2.05, 4.69) is 27.7 Å². The molecule has 0 saturated carbocycles. The van der Waals surface area contributed by atoms with Gasteiger partial charge in [-0.2, -0.15) is 0 Å². The third kappa shape index (κ3) is 4.35. The van der Waals surface area contributed by atoms with Crippen molar-refractivity contribution in [2.24, 2.45) is 0 Å². The maximum atomic E-state index is 11.8. The lowest BCUT2D eigenvalue weighted by Crippen LogP contribution is -2.14. The summed E-state index contributed by atoms with van der Waals surface area (Å²) >= 11 is 0. The van der Waals surface area contributed by atoms with Gasteiger partial charge >= 0.3 is 5.97 Å². The highest BCUT2D eigenvalue weighted by atomic mass is 16.5. The Bertz CT molecular complexity index is 396. The van der Waals surface area contributed by atoms with E-state index in [0.717, 1.165) is 16.9 Å². The van der Waals surface area contributed by atoms with Crippen molar-refractivity contribution in [2.75, 3.05) is 13.7 Å². The molecule has 0 radical (unpaired) electrons. The SMILES string of the molecule is COCCC(=O)Oc1c(C(C)C)cccc1C(C)C. The number of carbonyl (C=O) groups excluding carboxylic acids is 1. The fourth-order valence-corrected chi connectivity index (χ4v) is 1.95. The van der Waals surface area contributed by atoms with Crippen LogP contribution in [-0.4, -0.2) is 19.7 Å². The van der Waals surface area contributed by atoms with E-state index in [9.17, 15) is 4.79 Å². The molecule has 0 aliphatic rings. The zero-order valence-electron chi connectivity index (χ0n) is 12.5. The number of rotatable bonds is 6. The van der Waals surface area contributed by atoms with Crippen molar-refractivity contribution in [1.82, 2.24) is 0 Å². The molecule has 1 aromatic carbocycles. The highest BCUT2D eigenvalue weighted by Crippen LogP contribution is 2.34. The smallest absolute Gasteiger partial charge is 0.313 e. The van der Waals surface area contributed by atoms with Crippen molar-refractivity contribution >= 4 is 5.97 Å². The first-order chi connectivity index (χ1) is 8.97. The lowest BCUT2D eigenvalue weighted by molar-refractivity contribution is -0.135. The molecule has 0 aliphatic carbocycles. The standard InChI is InChI=1S/C16H24O3/c1-11(2)13-7-6-8-14(12(3)4)16(13)19-15(17)9-10-18-5/h6-8,11-12H,9-10H2,1-5H3. The Morgan fingerprint density at radius 3 is 2.05 bits per heavy atom. The number of carbonyl (C=O) groups is 1. The summed E-state index contributed by atoms with van der Waals surface area (Å²) in [6.07, 6.45) is 0.278. The van der Waals surface area contributed by atoms with Crippen LogP contribution < -0.4 is 4.74 Å². The van der Waals surface area contributed by atoms with E-state index in [0.29, 0.717) is 18.4 Å². The molecule has 19 heavy (non-hydrogen) atoms. The summed E-state index contributed by atoms with van der Waals surface area (Å²) in [4.78, 5) is 11.8. The van der Waals surface area contributed by atoms with E-state index in [1.165, 1.54) is 0 Å². The molecule has 0 N–H and O–H groups in total. The molecule has 0 atom stereocenters. The van der Waals surface area contributed by atoms with E-state index in [4.69, 9.17) is 9.47 Å². The fourth-order valence-electron chi connectivity index (χ4n) is 1.95. The number of para-hydroxylation sites is 1. The highest BCUT2D eigenvalue weighted by Gasteiger charge is 2.17. The van der Waals surface area contributed by atoms with Crippen molar-refractivity contribution in [1.29, 1.82) is 0 Å². The van der Waals surface area contributed by atoms with Crippen LogP contribution in [0.4, 0.5) is 0 Å². The summed E-state index contributed by atoms with van der Waals surface area (Å²) in [5.74, 6) is 1.14. The largest absolute Gasteiger partial charge is 0.426 e. The van der Waals surface area contributed by atoms with Crippen LogP contribution in [0, 0.1) is 0 Å². The zero-order valence-corrected chi connectivity index (χ0v) is 12.5. The second-order valence-corrected chi connectivity index (χ2v) is 5.29. The maximum absolute atomic E-state index is 11.8. The van der Waals surface area contributed by atoms with Gasteiger partial charge in [0.05, 0.1) is 13.0 Å². The third-order valence-corrected chi connectivity index (χ3v) is 3.05. The van der Waals surface area contributed by atoms with Gasteiger partial charge in [0.1, 0.15) is 5.75 Å². The van der Waals surface area contributed by atoms with Gasteiger partial charge in [-0.3, -0.25) is 4.79 Å². The van der Waals surface area contributed by atoms with Gasteiger partial charge in [-0.25, -0.2) is 0 Å². The first-order valence-corrected chi connectivity index (χ1v) is 6.79. The van der Waals surface area contributed by atoms with Gasteiger partial charge in [0, 0.05) is 7.11 Å². The highest BCUT2D eigenvalue weighted by molar-refractivity contribution is 5.73. The summed E-state index contributed by atoms with van der Waals surface area (Å²) < 4.78 is 10.5. The predicted molar refractivity (Wildman–Crippen MR) is 76.7 cm³/mol. The van der Waals surface area contributed by atoms with Gasteiger partial charge in [0.25, 0.3) is 0 Å². The summed E-state index contributed by atoms with van der Waals surface area (Å²) in [5.41, 5.74) is 2.16.